The summed E-state index contributed by atoms with van der Waals surface area (Å²) < 4.78 is 26.1. The van der Waals surface area contributed by atoms with Crippen molar-refractivity contribution in [2.24, 2.45) is 0 Å². The minimum atomic E-state index is -0.0272. The van der Waals surface area contributed by atoms with Crippen LogP contribution in [-0.2, 0) is 0 Å². The summed E-state index contributed by atoms with van der Waals surface area (Å²) in [5.41, 5.74) is 16.0. The van der Waals surface area contributed by atoms with Crippen molar-refractivity contribution >= 4 is 91.3 Å². The molecule has 14 aromatic carbocycles. The summed E-state index contributed by atoms with van der Waals surface area (Å²) in [4.78, 5) is 8.96. The average molecular weight is 1200 g/mol. The van der Waals surface area contributed by atoms with Crippen molar-refractivity contribution in [3.8, 4) is 46.0 Å². The van der Waals surface area contributed by atoms with E-state index in [-0.39, 0.29) is 6.71 Å². The molecule has 0 unspecified atom stereocenters. The van der Waals surface area contributed by atoms with Gasteiger partial charge < -0.3 is 38.5 Å². The molecule has 444 valence electrons. The molecule has 2 aliphatic heterocycles. The van der Waals surface area contributed by atoms with E-state index in [1.807, 2.05) is 164 Å². The lowest BCUT2D eigenvalue weighted by atomic mass is 9.35. The van der Waals surface area contributed by atoms with Crippen molar-refractivity contribution in [1.82, 2.24) is 0 Å². The fraction of sp³-hybridized carbons (Fsp3) is 0. The zero-order chi connectivity index (χ0) is 62.1. The highest BCUT2D eigenvalue weighted by molar-refractivity contribution is 6.98. The summed E-state index contributed by atoms with van der Waals surface area (Å²) in [7, 11) is 0. The van der Waals surface area contributed by atoms with Gasteiger partial charge in [0.15, 0.2) is 0 Å². The van der Waals surface area contributed by atoms with E-state index >= 15 is 0 Å². The molecule has 14 aromatic rings. The van der Waals surface area contributed by atoms with Gasteiger partial charge in [0.25, 0.3) is 6.71 Å². The highest BCUT2D eigenvalue weighted by Crippen LogP contribution is 2.44. The smallest absolute Gasteiger partial charge is 0.260 e. The van der Waals surface area contributed by atoms with Crippen molar-refractivity contribution in [3.05, 3.63) is 370 Å². The van der Waals surface area contributed by atoms with Crippen LogP contribution < -0.4 is 54.9 Å². The molecule has 0 N–H and O–H groups in total. The first-order chi connectivity index (χ1) is 46.1. The number of ether oxygens (including phenoxy) is 4. The van der Waals surface area contributed by atoms with E-state index in [2.05, 4.69) is 226 Å². The van der Waals surface area contributed by atoms with Crippen LogP contribution >= 0.6 is 0 Å². The normalized spacial score (nSPS) is 11.4. The van der Waals surface area contributed by atoms with Crippen LogP contribution in [0.1, 0.15) is 0 Å². The van der Waals surface area contributed by atoms with Gasteiger partial charge in [0.2, 0.25) is 0 Å². The molecule has 16 rings (SSSR count). The van der Waals surface area contributed by atoms with Crippen LogP contribution in [0.25, 0.3) is 0 Å². The fourth-order valence-electron chi connectivity index (χ4n) is 12.3. The third kappa shape index (κ3) is 12.3. The Morgan fingerprint density at radius 2 is 0.430 bits per heavy atom. The van der Waals surface area contributed by atoms with Gasteiger partial charge in [-0.05, 0) is 169 Å². The Balaban J connectivity index is 0.000000154. The molecule has 0 aliphatic carbocycles. The Morgan fingerprint density at radius 3 is 0.720 bits per heavy atom. The van der Waals surface area contributed by atoms with Gasteiger partial charge in [-0.2, -0.15) is 0 Å². The van der Waals surface area contributed by atoms with Gasteiger partial charge in [-0.15, -0.1) is 0 Å². The van der Waals surface area contributed by atoms with E-state index in [1.165, 1.54) is 0 Å². The van der Waals surface area contributed by atoms with Crippen molar-refractivity contribution < 1.29 is 18.9 Å². The minimum Gasteiger partial charge on any atom is -0.458 e. The van der Waals surface area contributed by atoms with Crippen LogP contribution in [0.5, 0.6) is 46.0 Å². The van der Waals surface area contributed by atoms with Crippen LogP contribution in [0.3, 0.4) is 0 Å². The number of nitrogens with zero attached hydrogens (tertiary/aromatic N) is 4. The summed E-state index contributed by atoms with van der Waals surface area (Å²) in [5, 5.41) is 0. The first kappa shape index (κ1) is 57.0. The van der Waals surface area contributed by atoms with Crippen LogP contribution in [0.15, 0.2) is 370 Å². The highest BCUT2D eigenvalue weighted by atomic mass is 16.5. The maximum absolute atomic E-state index is 6.66. The summed E-state index contributed by atoms with van der Waals surface area (Å²) >= 11 is 0. The zero-order valence-electron chi connectivity index (χ0n) is 50.7. The number of para-hydroxylation sites is 8. The first-order valence-corrected chi connectivity index (χ1v) is 31.2. The van der Waals surface area contributed by atoms with Gasteiger partial charge in [0.05, 0.1) is 0 Å². The van der Waals surface area contributed by atoms with Crippen LogP contribution in [0, 0.1) is 0 Å². The predicted molar refractivity (Wildman–Crippen MR) is 382 cm³/mol. The Bertz CT molecular complexity index is 4370. The van der Waals surface area contributed by atoms with E-state index in [9.17, 15) is 0 Å². The molecule has 0 fully saturated rings. The van der Waals surface area contributed by atoms with E-state index in [1.54, 1.807) is 0 Å². The molecule has 0 amide bonds. The molecule has 0 saturated carbocycles. The van der Waals surface area contributed by atoms with Gasteiger partial charge in [-0.1, -0.05) is 182 Å². The summed E-state index contributed by atoms with van der Waals surface area (Å²) in [6.45, 7) is -0.0272. The first-order valence-electron chi connectivity index (χ1n) is 31.2. The summed E-state index contributed by atoms with van der Waals surface area (Å²) in [5.74, 6) is 6.19. The fourth-order valence-corrected chi connectivity index (χ4v) is 12.3. The van der Waals surface area contributed by atoms with Crippen molar-refractivity contribution in [3.63, 3.8) is 0 Å². The predicted octanol–water partition coefficient (Wildman–Crippen LogP) is 21.6. The Morgan fingerprint density at radius 1 is 0.194 bits per heavy atom. The monoisotopic (exact) mass is 1200 g/mol. The van der Waals surface area contributed by atoms with Crippen molar-refractivity contribution in [2.75, 3.05) is 19.6 Å². The summed E-state index contributed by atoms with van der Waals surface area (Å²) in [6, 6.07) is 126. The summed E-state index contributed by atoms with van der Waals surface area (Å²) in [6.07, 6.45) is 0. The van der Waals surface area contributed by atoms with Gasteiger partial charge >= 0.3 is 0 Å². The lowest BCUT2D eigenvalue weighted by molar-refractivity contribution is 0.460. The second kappa shape index (κ2) is 26.3. The highest BCUT2D eigenvalue weighted by Gasteiger charge is 2.40. The molecule has 0 spiro atoms. The number of rotatable bonds is 16. The lowest BCUT2D eigenvalue weighted by Gasteiger charge is -2.34. The second-order valence-electron chi connectivity index (χ2n) is 22.4. The zero-order valence-corrected chi connectivity index (χ0v) is 50.7. The molecule has 93 heavy (non-hydrogen) atoms. The van der Waals surface area contributed by atoms with Crippen molar-refractivity contribution in [1.29, 1.82) is 0 Å². The Hall–Kier alpha value is -12.5. The van der Waals surface area contributed by atoms with Crippen LogP contribution in [0.2, 0.25) is 0 Å². The number of benzene rings is 14. The number of hydrogen-bond acceptors (Lipinski definition) is 8. The maximum Gasteiger partial charge on any atom is 0.260 e. The Kier molecular flexibility index (Phi) is 16.1. The second-order valence-corrected chi connectivity index (χ2v) is 22.4. The number of anilines is 12. The standard InChI is InChI=1S/C42H29BN2O2.C42H32N2O2/c1-5-14-30(15-6-1)44(31-16-7-2-8-17-31)34-24-26-36-40(28-34)46-38-22-13-23-39-42(38)43(36)37-27-25-35(29-41(37)47-39)45(32-18-9-3-10-19-32)33-20-11-4-12-21-33;1-5-16-33(17-6-1)43(34-18-7-2-8-19-34)37-24-13-26-39(30-37)45-41-28-15-29-42(32-41)46-40-27-14-25-38(31-40)44(35-20-9-3-10-21-35)36-22-11-4-12-23-36/h1-29H;1-32H. The van der Waals surface area contributed by atoms with E-state index in [0.29, 0.717) is 11.5 Å². The van der Waals surface area contributed by atoms with Gasteiger partial charge in [-0.3, -0.25) is 0 Å². The third-order valence-corrected chi connectivity index (χ3v) is 16.4. The minimum absolute atomic E-state index is 0.0272. The quantitative estimate of drug-likeness (QED) is 0.0887. The van der Waals surface area contributed by atoms with Crippen LogP contribution in [-0.4, -0.2) is 6.71 Å². The molecule has 0 radical (unpaired) electrons. The maximum atomic E-state index is 6.66. The molecule has 8 nitrogen and oxygen atoms in total. The molecule has 0 bridgehead atoms. The van der Waals surface area contributed by atoms with Crippen molar-refractivity contribution in [2.45, 2.75) is 0 Å². The number of fused-ring (bicyclic) bond motifs is 4. The molecule has 2 heterocycles. The SMILES string of the molecule is c1ccc(N(c2ccccc2)c2ccc3c(c2)Oc2cccc4c2B3c2ccc(N(c3ccccc3)c3ccccc3)cc2O4)cc1.c1ccc(N(c2ccccc2)c2cccc(Oc3cccc(Oc4cccc(N(c5ccccc5)c5ccccc5)c4)c3)c2)cc1. The molecular weight excluding hydrogens is 1140 g/mol. The largest absolute Gasteiger partial charge is 0.458 e. The third-order valence-electron chi connectivity index (χ3n) is 16.4. The molecule has 0 aromatic heterocycles. The van der Waals surface area contributed by atoms with Gasteiger partial charge in [-0.25, -0.2) is 0 Å². The molecule has 2 aliphatic rings. The van der Waals surface area contributed by atoms with Crippen LogP contribution in [0.4, 0.5) is 68.2 Å². The molecule has 0 atom stereocenters. The van der Waals surface area contributed by atoms with Gasteiger partial charge in [0.1, 0.15) is 46.0 Å². The van der Waals surface area contributed by atoms with E-state index in [0.717, 1.165) is 119 Å². The molecule has 9 heteroatoms. The van der Waals surface area contributed by atoms with Gasteiger partial charge in [0, 0.05) is 104 Å². The number of hydrogen-bond donors (Lipinski definition) is 0. The topological polar surface area (TPSA) is 49.9 Å². The lowest BCUT2D eigenvalue weighted by Crippen LogP contribution is -2.57. The average Bonchev–Trinajstić information content (AvgIpc) is 0.749. The van der Waals surface area contributed by atoms with E-state index < -0.39 is 0 Å². The molecular formula is C84H61BN4O4. The molecule has 0 saturated heterocycles. The van der Waals surface area contributed by atoms with E-state index in [4.69, 9.17) is 18.9 Å². The Labute approximate surface area is 542 Å².